The predicted octanol–water partition coefficient (Wildman–Crippen LogP) is 4.62. The van der Waals surface area contributed by atoms with Gasteiger partial charge < -0.3 is 14.4 Å². The van der Waals surface area contributed by atoms with E-state index >= 15 is 0 Å². The Morgan fingerprint density at radius 2 is 2.00 bits per heavy atom. The molecule has 3 aromatic rings. The summed E-state index contributed by atoms with van der Waals surface area (Å²) in [5.74, 6) is 1.76. The van der Waals surface area contributed by atoms with Crippen molar-refractivity contribution in [1.82, 2.24) is 14.5 Å². The minimum Gasteiger partial charge on any atom is -0.489 e. The van der Waals surface area contributed by atoms with Crippen molar-refractivity contribution in [1.29, 1.82) is 0 Å². The number of hydrogen-bond donors (Lipinski definition) is 1. The normalized spacial score (nSPS) is 21.3. The first-order valence-electron chi connectivity index (χ1n) is 10.4. The van der Waals surface area contributed by atoms with Crippen LogP contribution in [0.2, 0.25) is 5.02 Å². The molecule has 0 radical (unpaired) electrons. The molecule has 1 aliphatic carbocycles. The molecule has 30 heavy (non-hydrogen) atoms. The molecule has 0 aliphatic heterocycles. The van der Waals surface area contributed by atoms with Gasteiger partial charge in [0.1, 0.15) is 18.2 Å². The number of aliphatic hydroxyl groups excluding tert-OH is 1. The van der Waals surface area contributed by atoms with Gasteiger partial charge in [-0.3, -0.25) is 4.90 Å². The maximum atomic E-state index is 11.0. The van der Waals surface area contributed by atoms with Crippen LogP contribution in [0.5, 0.6) is 5.75 Å². The van der Waals surface area contributed by atoms with Gasteiger partial charge in [0.05, 0.1) is 12.1 Å². The molecule has 0 saturated heterocycles. The van der Waals surface area contributed by atoms with Crippen LogP contribution in [0.1, 0.15) is 35.8 Å². The first-order chi connectivity index (χ1) is 14.5. The fourth-order valence-corrected chi connectivity index (χ4v) is 4.59. The monoisotopic (exact) mass is 425 g/mol. The Balaban J connectivity index is 1.45. The molecule has 4 rings (SSSR count). The molecule has 158 valence electrons. The van der Waals surface area contributed by atoms with Crippen LogP contribution >= 0.6 is 11.6 Å². The van der Waals surface area contributed by atoms with Crippen molar-refractivity contribution in [2.75, 3.05) is 7.05 Å². The van der Waals surface area contributed by atoms with E-state index in [9.17, 15) is 5.11 Å². The molecule has 2 aromatic carbocycles. The van der Waals surface area contributed by atoms with E-state index in [0.29, 0.717) is 18.2 Å². The summed E-state index contributed by atoms with van der Waals surface area (Å²) in [5.41, 5.74) is 2.15. The highest BCUT2D eigenvalue weighted by Crippen LogP contribution is 2.35. The van der Waals surface area contributed by atoms with E-state index < -0.39 is 6.10 Å². The van der Waals surface area contributed by atoms with E-state index in [1.165, 1.54) is 0 Å². The van der Waals surface area contributed by atoms with Crippen molar-refractivity contribution in [2.45, 2.75) is 51.1 Å². The second-order valence-corrected chi connectivity index (χ2v) is 8.46. The summed E-state index contributed by atoms with van der Waals surface area (Å²) >= 11 is 6.28. The lowest BCUT2D eigenvalue weighted by Crippen LogP contribution is -2.39. The number of aromatic nitrogens is 2. The van der Waals surface area contributed by atoms with Crippen molar-refractivity contribution in [3.63, 3.8) is 0 Å². The summed E-state index contributed by atoms with van der Waals surface area (Å²) in [4.78, 5) is 6.51. The number of aliphatic hydroxyl groups is 1. The van der Waals surface area contributed by atoms with Crippen molar-refractivity contribution in [3.8, 4) is 5.75 Å². The number of benzene rings is 2. The Labute approximate surface area is 182 Å². The van der Waals surface area contributed by atoms with Gasteiger partial charge >= 0.3 is 0 Å². The lowest BCUT2D eigenvalue weighted by Gasteiger charge is -2.30. The molecule has 0 unspecified atom stereocenters. The Morgan fingerprint density at radius 3 is 2.73 bits per heavy atom. The number of halogens is 1. The average molecular weight is 426 g/mol. The van der Waals surface area contributed by atoms with Crippen molar-refractivity contribution < 1.29 is 9.84 Å². The number of rotatable bonds is 7. The SMILES string of the molecule is Cc1nccn1[C@@H]1CC[C@@H](N(C)Cc2cc(Cl)ccc2OCc2ccccc2)[C@H]1O. The zero-order valence-electron chi connectivity index (χ0n) is 17.4. The molecule has 1 fully saturated rings. The molecule has 1 N–H and O–H groups in total. The average Bonchev–Trinajstić information content (AvgIpc) is 3.33. The quantitative estimate of drug-likeness (QED) is 0.600. The third-order valence-corrected chi connectivity index (χ3v) is 6.25. The Hall–Kier alpha value is -2.34. The van der Waals surface area contributed by atoms with Crippen molar-refractivity contribution in [2.24, 2.45) is 0 Å². The summed E-state index contributed by atoms with van der Waals surface area (Å²) in [6.07, 6.45) is 5.16. The van der Waals surface area contributed by atoms with Gasteiger partial charge in [0.15, 0.2) is 0 Å². The maximum absolute atomic E-state index is 11.0. The smallest absolute Gasteiger partial charge is 0.124 e. The largest absolute Gasteiger partial charge is 0.489 e. The summed E-state index contributed by atoms with van der Waals surface area (Å²) in [7, 11) is 2.05. The standard InChI is InChI=1S/C24H28ClN3O2/c1-17-26-12-13-28(17)22-10-9-21(24(22)29)27(2)15-19-14-20(25)8-11-23(19)30-16-18-6-4-3-5-7-18/h3-8,11-14,21-22,24,29H,9-10,15-16H2,1-2H3/t21-,22-,24-/m1/s1. The number of ether oxygens (including phenoxy) is 1. The fourth-order valence-electron chi connectivity index (χ4n) is 4.40. The van der Waals surface area contributed by atoms with Crippen LogP contribution in [0.4, 0.5) is 0 Å². The molecular weight excluding hydrogens is 398 g/mol. The Morgan fingerprint density at radius 1 is 1.20 bits per heavy atom. The summed E-state index contributed by atoms with van der Waals surface area (Å²) in [6.45, 7) is 3.14. The third kappa shape index (κ3) is 4.53. The molecular formula is C24H28ClN3O2. The van der Waals surface area contributed by atoms with Crippen molar-refractivity contribution >= 4 is 11.6 Å². The molecule has 0 bridgehead atoms. The van der Waals surface area contributed by atoms with Crippen molar-refractivity contribution in [3.05, 3.63) is 82.9 Å². The Kier molecular flexibility index (Phi) is 6.42. The fraction of sp³-hybridized carbons (Fsp3) is 0.375. The molecule has 1 aliphatic rings. The summed E-state index contributed by atoms with van der Waals surface area (Å²) < 4.78 is 8.19. The number of aryl methyl sites for hydroxylation is 1. The van der Waals surface area contributed by atoms with Crippen LogP contribution in [-0.2, 0) is 13.2 Å². The van der Waals surface area contributed by atoms with E-state index in [1.54, 1.807) is 6.20 Å². The van der Waals surface area contributed by atoms with Crippen LogP contribution in [0.15, 0.2) is 60.9 Å². The first-order valence-corrected chi connectivity index (χ1v) is 10.7. The van der Waals surface area contributed by atoms with Gasteiger partial charge in [0.25, 0.3) is 0 Å². The van der Waals surface area contributed by atoms with Gasteiger partial charge in [-0.2, -0.15) is 0 Å². The van der Waals surface area contributed by atoms with E-state index in [-0.39, 0.29) is 12.1 Å². The summed E-state index contributed by atoms with van der Waals surface area (Å²) in [5, 5.41) is 11.7. The molecule has 0 amide bonds. The second-order valence-electron chi connectivity index (χ2n) is 8.03. The highest BCUT2D eigenvalue weighted by Gasteiger charge is 2.38. The number of imidazole rings is 1. The lowest BCUT2D eigenvalue weighted by molar-refractivity contribution is 0.0564. The van der Waals surface area contributed by atoms with Gasteiger partial charge in [0, 0.05) is 35.6 Å². The van der Waals surface area contributed by atoms with Gasteiger partial charge in [-0.25, -0.2) is 4.98 Å². The van der Waals surface area contributed by atoms with Gasteiger partial charge in [-0.05, 0) is 50.6 Å². The lowest BCUT2D eigenvalue weighted by atomic mass is 10.1. The number of nitrogens with zero attached hydrogens (tertiary/aromatic N) is 3. The van der Waals surface area contributed by atoms with Crippen LogP contribution in [0.3, 0.4) is 0 Å². The highest BCUT2D eigenvalue weighted by atomic mass is 35.5. The second kappa shape index (κ2) is 9.21. The number of likely N-dealkylation sites (N-methyl/N-ethyl adjacent to an activating group) is 1. The van der Waals surface area contributed by atoms with Gasteiger partial charge in [0.2, 0.25) is 0 Å². The van der Waals surface area contributed by atoms with Gasteiger partial charge in [-0.1, -0.05) is 41.9 Å². The minimum atomic E-state index is -0.448. The summed E-state index contributed by atoms with van der Waals surface area (Å²) in [6, 6.07) is 16.0. The molecule has 5 nitrogen and oxygen atoms in total. The zero-order valence-corrected chi connectivity index (χ0v) is 18.2. The molecule has 3 atom stereocenters. The van der Waals surface area contributed by atoms with E-state index in [4.69, 9.17) is 16.3 Å². The minimum absolute atomic E-state index is 0.0631. The Bertz CT molecular complexity index is 976. The predicted molar refractivity (Wildman–Crippen MR) is 119 cm³/mol. The molecule has 1 aromatic heterocycles. The third-order valence-electron chi connectivity index (χ3n) is 6.01. The maximum Gasteiger partial charge on any atom is 0.124 e. The van der Waals surface area contributed by atoms with E-state index in [2.05, 4.69) is 33.6 Å². The molecule has 1 saturated carbocycles. The highest BCUT2D eigenvalue weighted by molar-refractivity contribution is 6.30. The van der Waals surface area contributed by atoms with Crippen LogP contribution in [-0.4, -0.2) is 38.8 Å². The topological polar surface area (TPSA) is 50.5 Å². The van der Waals surface area contributed by atoms with E-state index in [0.717, 1.165) is 35.5 Å². The molecule has 6 heteroatoms. The van der Waals surface area contributed by atoms with Crippen LogP contribution in [0, 0.1) is 6.92 Å². The van der Waals surface area contributed by atoms with E-state index in [1.807, 2.05) is 49.5 Å². The number of hydrogen-bond acceptors (Lipinski definition) is 4. The molecule has 1 heterocycles. The zero-order chi connectivity index (χ0) is 21.1. The van der Waals surface area contributed by atoms with Gasteiger partial charge in [-0.15, -0.1) is 0 Å². The molecule has 0 spiro atoms. The van der Waals surface area contributed by atoms with Crippen LogP contribution < -0.4 is 4.74 Å². The van der Waals surface area contributed by atoms with Crippen LogP contribution in [0.25, 0.3) is 0 Å². The first kappa shape index (κ1) is 20.9.